The zero-order valence-electron chi connectivity index (χ0n) is 17.8. The third-order valence-electron chi connectivity index (χ3n) is 5.32. The van der Waals surface area contributed by atoms with Crippen molar-refractivity contribution in [2.75, 3.05) is 4.90 Å². The van der Waals surface area contributed by atoms with Crippen LogP contribution in [0, 0.1) is 5.92 Å². The van der Waals surface area contributed by atoms with Crippen molar-refractivity contribution >= 4 is 47.0 Å². The lowest BCUT2D eigenvalue weighted by molar-refractivity contribution is -0.137. The summed E-state index contributed by atoms with van der Waals surface area (Å²) in [6.45, 7) is 0. The molecule has 0 bridgehead atoms. The number of rotatable bonds is 6. The zero-order valence-corrected chi connectivity index (χ0v) is 18.6. The van der Waals surface area contributed by atoms with Crippen molar-refractivity contribution in [3.8, 4) is 0 Å². The minimum absolute atomic E-state index is 0.0441. The summed E-state index contributed by atoms with van der Waals surface area (Å²) in [6.07, 6.45) is 1.02. The van der Waals surface area contributed by atoms with E-state index in [1.165, 1.54) is 4.90 Å². The number of hydrazone groups is 1. The van der Waals surface area contributed by atoms with Crippen LogP contribution in [0.15, 0.2) is 96.1 Å². The second-order valence-electron chi connectivity index (χ2n) is 7.44. The van der Waals surface area contributed by atoms with Crippen LogP contribution in [0.3, 0.4) is 0 Å². The van der Waals surface area contributed by atoms with Gasteiger partial charge in [-0.15, -0.1) is 0 Å². The molecule has 8 nitrogen and oxygen atoms in total. The van der Waals surface area contributed by atoms with E-state index in [0.29, 0.717) is 16.8 Å². The Labute approximate surface area is 200 Å². The first-order valence-electron chi connectivity index (χ1n) is 10.3. The fourth-order valence-electron chi connectivity index (χ4n) is 3.58. The highest BCUT2D eigenvalue weighted by atomic mass is 32.1. The molecule has 9 heteroatoms. The molecule has 1 aliphatic heterocycles. The third-order valence-corrected chi connectivity index (χ3v) is 5.60. The van der Waals surface area contributed by atoms with Gasteiger partial charge >= 0.3 is 0 Å². The van der Waals surface area contributed by atoms with Crippen LogP contribution in [0.1, 0.15) is 11.1 Å². The quantitative estimate of drug-likeness (QED) is 0.220. The fraction of sp³-hybridized carbons (Fsp3) is 0.0800. The first-order chi connectivity index (χ1) is 16.4. The Morgan fingerprint density at radius 1 is 0.941 bits per heavy atom. The first-order valence-corrected chi connectivity index (χ1v) is 10.7. The van der Waals surface area contributed by atoms with Gasteiger partial charge in [0.1, 0.15) is 0 Å². The average molecular weight is 473 g/mol. The highest BCUT2D eigenvalue weighted by Crippen LogP contribution is 2.30. The summed E-state index contributed by atoms with van der Waals surface area (Å²) < 4.78 is 0. The van der Waals surface area contributed by atoms with E-state index in [-0.39, 0.29) is 5.11 Å². The number of carbonyl (C=O) groups is 3. The van der Waals surface area contributed by atoms with Gasteiger partial charge < -0.3 is 10.4 Å². The van der Waals surface area contributed by atoms with E-state index >= 15 is 0 Å². The maximum Gasteiger partial charge on any atom is 0.281 e. The predicted octanol–water partition coefficient (Wildman–Crippen LogP) is 2.09. The van der Waals surface area contributed by atoms with Crippen LogP contribution in [0.2, 0.25) is 0 Å². The predicted molar refractivity (Wildman–Crippen MR) is 131 cm³/mol. The van der Waals surface area contributed by atoms with Crippen LogP contribution in [0.25, 0.3) is 0 Å². The monoisotopic (exact) mass is 472 g/mol. The van der Waals surface area contributed by atoms with Crippen molar-refractivity contribution in [3.05, 3.63) is 102 Å². The maximum atomic E-state index is 13.1. The first kappa shape index (κ1) is 23.0. The Kier molecular flexibility index (Phi) is 6.58. The van der Waals surface area contributed by atoms with Crippen molar-refractivity contribution < 1.29 is 19.5 Å². The maximum absolute atomic E-state index is 13.1. The van der Waals surface area contributed by atoms with Crippen molar-refractivity contribution in [3.63, 3.8) is 0 Å². The molecule has 0 spiro atoms. The molecule has 3 aromatic carbocycles. The van der Waals surface area contributed by atoms with E-state index in [9.17, 15) is 19.5 Å². The number of nitrogens with zero attached hydrogens (tertiary/aromatic N) is 2. The van der Waals surface area contributed by atoms with E-state index in [0.717, 1.165) is 6.21 Å². The summed E-state index contributed by atoms with van der Waals surface area (Å²) in [4.78, 5) is 39.7. The number of aliphatic hydroxyl groups is 1. The van der Waals surface area contributed by atoms with Crippen molar-refractivity contribution in [1.29, 1.82) is 0 Å². The second-order valence-corrected chi connectivity index (χ2v) is 7.83. The highest BCUT2D eigenvalue weighted by Gasteiger charge is 2.41. The summed E-state index contributed by atoms with van der Waals surface area (Å²) in [7, 11) is 0. The zero-order chi connectivity index (χ0) is 24.1. The molecule has 1 fully saturated rings. The number of nitrogens with one attached hydrogen (secondary N) is 2. The Morgan fingerprint density at radius 3 is 1.97 bits per heavy atom. The number of para-hydroxylation sites is 1. The van der Waals surface area contributed by atoms with Gasteiger partial charge in [-0.3, -0.25) is 19.3 Å². The Balaban J connectivity index is 1.57. The molecule has 0 saturated carbocycles. The summed E-state index contributed by atoms with van der Waals surface area (Å²) >= 11 is 5.15. The van der Waals surface area contributed by atoms with Crippen molar-refractivity contribution in [2.45, 2.75) is 5.60 Å². The minimum Gasteiger partial charge on any atom is -0.372 e. The number of hydrogen-bond acceptors (Lipinski definition) is 6. The van der Waals surface area contributed by atoms with Crippen LogP contribution in [0.5, 0.6) is 0 Å². The molecule has 1 heterocycles. The molecule has 170 valence electrons. The molecule has 3 amide bonds. The number of anilines is 1. The van der Waals surface area contributed by atoms with Crippen molar-refractivity contribution in [2.24, 2.45) is 11.0 Å². The lowest BCUT2D eigenvalue weighted by Crippen LogP contribution is -2.58. The third kappa shape index (κ3) is 4.34. The molecule has 34 heavy (non-hydrogen) atoms. The molecule has 0 radical (unpaired) electrons. The van der Waals surface area contributed by atoms with Gasteiger partial charge in [0.2, 0.25) is 5.91 Å². The molecule has 3 N–H and O–H groups in total. The molecule has 3 aromatic rings. The Morgan fingerprint density at radius 2 is 1.44 bits per heavy atom. The average Bonchev–Trinajstić information content (AvgIpc) is 2.87. The number of thiocarbonyl (C=S) groups is 1. The molecular formula is C25H20N4O4S. The van der Waals surface area contributed by atoms with Gasteiger partial charge in [-0.25, -0.2) is 5.43 Å². The summed E-state index contributed by atoms with van der Waals surface area (Å²) in [6, 6.07) is 25.4. The van der Waals surface area contributed by atoms with Gasteiger partial charge in [0.25, 0.3) is 11.8 Å². The molecule has 1 saturated heterocycles. The molecular weight excluding hydrogens is 452 g/mol. The number of amides is 3. The highest BCUT2D eigenvalue weighted by molar-refractivity contribution is 7.80. The standard InChI is InChI=1S/C25H20N4O4S/c30-21-20(22(31)29(24(34)27-21)19-14-8-3-9-15-19)16-26-28-23(32)25(33,17-10-4-1-5-11-17)18-12-6-2-7-13-18/h1-16,20,33H,(H,28,32)(H,27,30,34)/b26-16-/t20-/m0/s1. The molecule has 1 atom stereocenters. The normalized spacial score (nSPS) is 16.4. The molecule has 1 aliphatic rings. The number of hydrogen-bond donors (Lipinski definition) is 3. The van der Waals surface area contributed by atoms with E-state index in [1.54, 1.807) is 91.0 Å². The Hall–Kier alpha value is -4.21. The molecule has 0 unspecified atom stereocenters. The summed E-state index contributed by atoms with van der Waals surface area (Å²) in [5.41, 5.74) is 1.38. The Bertz CT molecular complexity index is 1210. The van der Waals surface area contributed by atoms with E-state index < -0.39 is 29.2 Å². The lowest BCUT2D eigenvalue weighted by atomic mass is 9.85. The topological polar surface area (TPSA) is 111 Å². The molecule has 4 rings (SSSR count). The van der Waals surface area contributed by atoms with Crippen LogP contribution >= 0.6 is 12.2 Å². The van der Waals surface area contributed by atoms with Crippen LogP contribution in [-0.2, 0) is 20.0 Å². The minimum atomic E-state index is -2.05. The fourth-order valence-corrected chi connectivity index (χ4v) is 3.88. The van der Waals surface area contributed by atoms with E-state index in [1.807, 2.05) is 0 Å². The number of benzene rings is 3. The summed E-state index contributed by atoms with van der Waals surface area (Å²) in [5, 5.41) is 17.7. The lowest BCUT2D eigenvalue weighted by Gasteiger charge is -2.31. The van der Waals surface area contributed by atoms with E-state index in [4.69, 9.17) is 12.2 Å². The van der Waals surface area contributed by atoms with Crippen molar-refractivity contribution in [1.82, 2.24) is 10.7 Å². The number of carbonyl (C=O) groups excluding carboxylic acids is 3. The molecule has 0 aromatic heterocycles. The van der Waals surface area contributed by atoms with Gasteiger partial charge in [-0.1, -0.05) is 78.9 Å². The largest absolute Gasteiger partial charge is 0.372 e. The summed E-state index contributed by atoms with van der Waals surface area (Å²) in [5.74, 6) is -3.45. The molecule has 0 aliphatic carbocycles. The van der Waals surface area contributed by atoms with Crippen LogP contribution in [-0.4, -0.2) is 34.2 Å². The smallest absolute Gasteiger partial charge is 0.281 e. The SMILES string of the molecule is O=C1NC(=S)N(c2ccccc2)C(=O)[C@H]1/C=N\NC(=O)C(O)(c1ccccc1)c1ccccc1. The van der Waals surface area contributed by atoms with Crippen LogP contribution < -0.4 is 15.6 Å². The van der Waals surface area contributed by atoms with Gasteiger partial charge in [-0.2, -0.15) is 5.10 Å². The van der Waals surface area contributed by atoms with Gasteiger partial charge in [0.15, 0.2) is 16.6 Å². The van der Waals surface area contributed by atoms with Crippen LogP contribution in [0.4, 0.5) is 5.69 Å². The van der Waals surface area contributed by atoms with E-state index in [2.05, 4.69) is 15.8 Å². The van der Waals surface area contributed by atoms with Gasteiger partial charge in [0.05, 0.1) is 5.69 Å². The van der Waals surface area contributed by atoms with Gasteiger partial charge in [0, 0.05) is 6.21 Å². The second kappa shape index (κ2) is 9.74. The van der Waals surface area contributed by atoms with Gasteiger partial charge in [-0.05, 0) is 35.5 Å².